The van der Waals surface area contributed by atoms with Crippen molar-refractivity contribution in [1.82, 2.24) is 0 Å². The maximum atomic E-state index is 10.8. The molecule has 0 radical (unpaired) electrons. The molecule has 0 aromatic rings. The van der Waals surface area contributed by atoms with Gasteiger partial charge in [0.05, 0.1) is 25.4 Å². The van der Waals surface area contributed by atoms with Crippen molar-refractivity contribution < 1.29 is 94.4 Å². The first-order valence-electron chi connectivity index (χ1n) is 13.8. The minimum atomic E-state index is -1.86. The van der Waals surface area contributed by atoms with Crippen LogP contribution >= 0.6 is 0 Å². The Morgan fingerprint density at radius 1 is 0.419 bits per heavy atom. The minimum Gasteiger partial charge on any atom is -0.394 e. The molecule has 0 amide bonds. The van der Waals surface area contributed by atoms with E-state index in [4.69, 9.17) is 33.2 Å². The molecule has 4 fully saturated rings. The minimum absolute atomic E-state index is 0.717. The third-order valence-electron chi connectivity index (χ3n) is 8.12. The lowest BCUT2D eigenvalue weighted by molar-refractivity contribution is -0.383. The first-order valence-corrected chi connectivity index (χ1v) is 13.8. The van der Waals surface area contributed by atoms with Gasteiger partial charge in [0.1, 0.15) is 85.5 Å². The second-order valence-electron chi connectivity index (χ2n) is 11.1. The van der Waals surface area contributed by atoms with E-state index in [0.717, 1.165) is 0 Å². The van der Waals surface area contributed by atoms with Gasteiger partial charge in [-0.25, -0.2) is 0 Å². The van der Waals surface area contributed by atoms with Gasteiger partial charge in [-0.2, -0.15) is 0 Å². The molecule has 0 bridgehead atoms. The zero-order chi connectivity index (χ0) is 31.9. The lowest BCUT2D eigenvalue weighted by Gasteiger charge is -2.48. The maximum Gasteiger partial charge on any atom is 0.187 e. The predicted octanol–water partition coefficient (Wildman–Crippen LogP) is -7.69. The van der Waals surface area contributed by atoms with E-state index in [1.807, 2.05) is 0 Å². The third kappa shape index (κ3) is 7.00. The van der Waals surface area contributed by atoms with Crippen LogP contribution in [0.4, 0.5) is 0 Å². The topological polar surface area (TPSA) is 307 Å². The van der Waals surface area contributed by atoms with Crippen molar-refractivity contribution in [3.05, 3.63) is 0 Å². The van der Waals surface area contributed by atoms with Gasteiger partial charge < -0.3 is 94.4 Å². The van der Waals surface area contributed by atoms with E-state index < -0.39 is 136 Å². The third-order valence-corrected chi connectivity index (χ3v) is 8.12. The van der Waals surface area contributed by atoms with Crippen LogP contribution in [-0.2, 0) is 33.2 Å². The van der Waals surface area contributed by atoms with Crippen LogP contribution in [0.2, 0.25) is 0 Å². The molecule has 20 atom stereocenters. The summed E-state index contributed by atoms with van der Waals surface area (Å²) in [5, 5.41) is 122. The fourth-order valence-corrected chi connectivity index (χ4v) is 5.48. The Bertz CT molecular complexity index is 884. The summed E-state index contributed by atoms with van der Waals surface area (Å²) in [5.74, 6) is 0. The van der Waals surface area contributed by atoms with E-state index >= 15 is 0 Å². The molecule has 4 saturated heterocycles. The highest BCUT2D eigenvalue weighted by Crippen LogP contribution is 2.33. The summed E-state index contributed by atoms with van der Waals surface area (Å²) in [5.41, 5.74) is 0. The molecule has 19 nitrogen and oxygen atoms in total. The number of ether oxygens (including phenoxy) is 7. The van der Waals surface area contributed by atoms with Crippen LogP contribution in [0, 0.1) is 0 Å². The van der Waals surface area contributed by atoms with Crippen molar-refractivity contribution in [2.45, 2.75) is 137 Å². The van der Waals surface area contributed by atoms with Crippen LogP contribution in [0.15, 0.2) is 0 Å². The Morgan fingerprint density at radius 3 is 1.28 bits per heavy atom. The van der Waals surface area contributed by atoms with Crippen LogP contribution in [-0.4, -0.2) is 197 Å². The van der Waals surface area contributed by atoms with Gasteiger partial charge in [-0.3, -0.25) is 0 Å². The Labute approximate surface area is 244 Å². The monoisotopic (exact) mass is 634 g/mol. The van der Waals surface area contributed by atoms with Crippen molar-refractivity contribution in [1.29, 1.82) is 0 Å². The molecule has 0 aliphatic carbocycles. The van der Waals surface area contributed by atoms with Crippen LogP contribution in [0.5, 0.6) is 0 Å². The standard InChI is InChI=1S/C24H42O19/c1-5-18(13(31)16(34)23(38-5)43-20-10(28)8(4-26)39-21(36)17(20)35)41-22-15(33)12(30)19(6(2)37-22)42-24-14(32)11(29)9(27)7(3-25)40-24/h5-36H,3-4H2,1-2H3/t5-,6-,7+,8+,9-,10+,11-,12-,13-,14+,15-,16-,17+,18+,19+,20-,21-,22+,23-,24-/m0/s1. The zero-order valence-electron chi connectivity index (χ0n) is 23.2. The maximum absolute atomic E-state index is 10.8. The van der Waals surface area contributed by atoms with Crippen molar-refractivity contribution in [3.63, 3.8) is 0 Å². The highest BCUT2D eigenvalue weighted by atomic mass is 16.8. The SMILES string of the molecule is C[C@@H]1O[C@@H](O[C@@H]2[C@@H](O)[C@@H](O)O[C@H](CO)[C@H]2O)[C@@H](O)[C@H](O)[C@@H]1O[C@H]1O[C@@H](C)[C@@H](O[C@@H]2O[C@H](CO)[C@H](O)[C@H](O)[C@H]2O)[C@@H](O)[C@@H]1O. The molecule has 0 saturated carbocycles. The fourth-order valence-electron chi connectivity index (χ4n) is 5.48. The number of hydrogen-bond acceptors (Lipinski definition) is 19. The molecule has 4 aliphatic rings. The first kappa shape index (κ1) is 35.1. The van der Waals surface area contributed by atoms with Crippen molar-refractivity contribution >= 4 is 0 Å². The van der Waals surface area contributed by atoms with E-state index in [0.29, 0.717) is 0 Å². The largest absolute Gasteiger partial charge is 0.394 e. The summed E-state index contributed by atoms with van der Waals surface area (Å²) in [6.45, 7) is 1.37. The molecule has 252 valence electrons. The molecule has 4 aliphatic heterocycles. The Kier molecular flexibility index (Phi) is 11.7. The summed E-state index contributed by atoms with van der Waals surface area (Å²) in [7, 11) is 0. The fraction of sp³-hybridized carbons (Fsp3) is 1.00. The Hall–Kier alpha value is -0.760. The molecular formula is C24H42O19. The molecule has 0 aromatic heterocycles. The van der Waals surface area contributed by atoms with E-state index in [9.17, 15) is 61.3 Å². The number of hydrogen-bond donors (Lipinski definition) is 12. The molecule has 0 aromatic carbocycles. The molecule has 0 unspecified atom stereocenters. The summed E-state index contributed by atoms with van der Waals surface area (Å²) >= 11 is 0. The summed E-state index contributed by atoms with van der Waals surface area (Å²) in [6.07, 6.45) is -31.7. The van der Waals surface area contributed by atoms with Crippen LogP contribution < -0.4 is 0 Å². The predicted molar refractivity (Wildman–Crippen MR) is 131 cm³/mol. The highest BCUT2D eigenvalue weighted by Gasteiger charge is 2.54. The molecular weight excluding hydrogens is 592 g/mol. The molecule has 12 N–H and O–H groups in total. The smallest absolute Gasteiger partial charge is 0.187 e. The second kappa shape index (κ2) is 14.3. The van der Waals surface area contributed by atoms with Gasteiger partial charge in [0, 0.05) is 0 Å². The summed E-state index contributed by atoms with van der Waals surface area (Å²) in [4.78, 5) is 0. The van der Waals surface area contributed by atoms with Crippen LogP contribution in [0.3, 0.4) is 0 Å². The number of aliphatic hydroxyl groups is 12. The average molecular weight is 635 g/mol. The van der Waals surface area contributed by atoms with E-state index in [1.165, 1.54) is 13.8 Å². The number of aliphatic hydroxyl groups excluding tert-OH is 12. The molecule has 0 spiro atoms. The van der Waals surface area contributed by atoms with Gasteiger partial charge in [0.25, 0.3) is 0 Å². The van der Waals surface area contributed by atoms with Gasteiger partial charge >= 0.3 is 0 Å². The molecule has 4 rings (SSSR count). The van der Waals surface area contributed by atoms with Crippen molar-refractivity contribution in [2.24, 2.45) is 0 Å². The molecule has 19 heteroatoms. The lowest BCUT2D eigenvalue weighted by Crippen LogP contribution is -2.66. The number of rotatable bonds is 8. The van der Waals surface area contributed by atoms with Crippen LogP contribution in [0.25, 0.3) is 0 Å². The molecule has 43 heavy (non-hydrogen) atoms. The van der Waals surface area contributed by atoms with Gasteiger partial charge in [0.2, 0.25) is 0 Å². The quantitative estimate of drug-likeness (QED) is 0.118. The van der Waals surface area contributed by atoms with Gasteiger partial charge in [-0.05, 0) is 13.8 Å². The van der Waals surface area contributed by atoms with Gasteiger partial charge in [-0.1, -0.05) is 0 Å². The van der Waals surface area contributed by atoms with Gasteiger partial charge in [0.15, 0.2) is 25.2 Å². The van der Waals surface area contributed by atoms with Crippen molar-refractivity contribution in [3.8, 4) is 0 Å². The van der Waals surface area contributed by atoms with E-state index in [2.05, 4.69) is 0 Å². The van der Waals surface area contributed by atoms with Gasteiger partial charge in [-0.15, -0.1) is 0 Å². The van der Waals surface area contributed by atoms with Crippen molar-refractivity contribution in [2.75, 3.05) is 13.2 Å². The Balaban J connectivity index is 1.38. The highest BCUT2D eigenvalue weighted by molar-refractivity contribution is 4.96. The Morgan fingerprint density at radius 2 is 0.814 bits per heavy atom. The van der Waals surface area contributed by atoms with E-state index in [1.54, 1.807) is 0 Å². The first-order chi connectivity index (χ1) is 20.2. The molecule has 4 heterocycles. The summed E-state index contributed by atoms with van der Waals surface area (Å²) < 4.78 is 38.1. The van der Waals surface area contributed by atoms with Crippen LogP contribution in [0.1, 0.15) is 13.8 Å². The average Bonchev–Trinajstić information content (AvgIpc) is 2.98. The zero-order valence-corrected chi connectivity index (χ0v) is 23.2. The lowest BCUT2D eigenvalue weighted by atomic mass is 9.96. The van der Waals surface area contributed by atoms with E-state index in [-0.39, 0.29) is 0 Å². The second-order valence-corrected chi connectivity index (χ2v) is 11.1. The normalized spacial score (nSPS) is 54.8. The summed E-state index contributed by atoms with van der Waals surface area (Å²) in [6, 6.07) is 0.